The summed E-state index contributed by atoms with van der Waals surface area (Å²) in [5.41, 5.74) is 1.35. The standard InChI is InChI=1S/C14H17N/c1-14(11-15)8-7-13(10-14)9-12-5-3-2-4-6-12/h2-6,13H,7-10H2,1H3. The molecule has 0 N–H and O–H groups in total. The quantitative estimate of drug-likeness (QED) is 0.714. The average Bonchev–Trinajstić information content (AvgIpc) is 2.63. The number of benzene rings is 1. The smallest absolute Gasteiger partial charge is 0.0686 e. The van der Waals surface area contributed by atoms with E-state index in [2.05, 4.69) is 43.3 Å². The normalized spacial score (nSPS) is 30.0. The highest BCUT2D eigenvalue weighted by molar-refractivity contribution is 5.16. The summed E-state index contributed by atoms with van der Waals surface area (Å²) in [5.74, 6) is 0.706. The van der Waals surface area contributed by atoms with Crippen molar-refractivity contribution in [3.8, 4) is 6.07 Å². The number of hydrogen-bond donors (Lipinski definition) is 0. The molecule has 0 radical (unpaired) electrons. The first-order valence-corrected chi connectivity index (χ1v) is 5.67. The van der Waals surface area contributed by atoms with Gasteiger partial charge in [0.15, 0.2) is 0 Å². The lowest BCUT2D eigenvalue weighted by molar-refractivity contribution is 0.427. The first-order valence-electron chi connectivity index (χ1n) is 5.67. The van der Waals surface area contributed by atoms with Gasteiger partial charge in [0.2, 0.25) is 0 Å². The second-order valence-corrected chi connectivity index (χ2v) is 4.97. The van der Waals surface area contributed by atoms with Crippen LogP contribution in [0.15, 0.2) is 30.3 Å². The minimum Gasteiger partial charge on any atom is -0.198 e. The van der Waals surface area contributed by atoms with Gasteiger partial charge in [0.25, 0.3) is 0 Å². The van der Waals surface area contributed by atoms with E-state index in [1.165, 1.54) is 12.0 Å². The van der Waals surface area contributed by atoms with Crippen molar-refractivity contribution in [3.05, 3.63) is 35.9 Å². The van der Waals surface area contributed by atoms with Gasteiger partial charge in [-0.1, -0.05) is 30.3 Å². The summed E-state index contributed by atoms with van der Waals surface area (Å²) < 4.78 is 0. The fourth-order valence-electron chi connectivity index (χ4n) is 2.59. The minimum absolute atomic E-state index is 0.0561. The zero-order valence-electron chi connectivity index (χ0n) is 9.24. The molecule has 2 atom stereocenters. The second-order valence-electron chi connectivity index (χ2n) is 4.97. The number of rotatable bonds is 2. The molecule has 15 heavy (non-hydrogen) atoms. The summed E-state index contributed by atoms with van der Waals surface area (Å²) in [6.07, 6.45) is 4.48. The monoisotopic (exact) mass is 199 g/mol. The summed E-state index contributed by atoms with van der Waals surface area (Å²) in [6, 6.07) is 13.1. The zero-order valence-corrected chi connectivity index (χ0v) is 9.24. The minimum atomic E-state index is -0.0561. The van der Waals surface area contributed by atoms with Gasteiger partial charge in [-0.3, -0.25) is 0 Å². The fourth-order valence-corrected chi connectivity index (χ4v) is 2.59. The van der Waals surface area contributed by atoms with E-state index in [-0.39, 0.29) is 5.41 Å². The first kappa shape index (κ1) is 10.2. The Labute approximate surface area is 91.7 Å². The van der Waals surface area contributed by atoms with Crippen molar-refractivity contribution < 1.29 is 0 Å². The van der Waals surface area contributed by atoms with Crippen LogP contribution in [0, 0.1) is 22.7 Å². The van der Waals surface area contributed by atoms with E-state index in [0.717, 1.165) is 19.3 Å². The van der Waals surface area contributed by atoms with Crippen LogP contribution in [0.4, 0.5) is 0 Å². The van der Waals surface area contributed by atoms with E-state index in [1.54, 1.807) is 0 Å². The third kappa shape index (κ3) is 2.39. The maximum absolute atomic E-state index is 9.06. The third-order valence-electron chi connectivity index (χ3n) is 3.48. The Hall–Kier alpha value is -1.29. The molecule has 0 heterocycles. The predicted molar refractivity (Wildman–Crippen MR) is 61.2 cm³/mol. The molecular weight excluding hydrogens is 182 g/mol. The molecule has 1 saturated carbocycles. The number of nitrogens with zero attached hydrogens (tertiary/aromatic N) is 1. The maximum Gasteiger partial charge on any atom is 0.0686 e. The molecule has 2 unspecified atom stereocenters. The molecule has 1 aliphatic carbocycles. The molecule has 0 amide bonds. The van der Waals surface area contributed by atoms with Gasteiger partial charge in [-0.15, -0.1) is 0 Å². The molecule has 1 fully saturated rings. The van der Waals surface area contributed by atoms with Crippen molar-refractivity contribution in [3.63, 3.8) is 0 Å². The molecule has 0 spiro atoms. The number of nitriles is 1. The van der Waals surface area contributed by atoms with Crippen LogP contribution in [-0.4, -0.2) is 0 Å². The molecule has 1 aromatic carbocycles. The van der Waals surface area contributed by atoms with Crippen LogP contribution in [0.25, 0.3) is 0 Å². The third-order valence-corrected chi connectivity index (χ3v) is 3.48. The summed E-state index contributed by atoms with van der Waals surface area (Å²) in [4.78, 5) is 0. The van der Waals surface area contributed by atoms with Crippen molar-refractivity contribution in [1.29, 1.82) is 5.26 Å². The van der Waals surface area contributed by atoms with Crippen LogP contribution >= 0.6 is 0 Å². The molecule has 1 aromatic rings. The van der Waals surface area contributed by atoms with E-state index >= 15 is 0 Å². The summed E-state index contributed by atoms with van der Waals surface area (Å²) in [5, 5.41) is 9.06. The topological polar surface area (TPSA) is 23.8 Å². The molecule has 0 saturated heterocycles. The molecule has 0 aromatic heterocycles. The van der Waals surface area contributed by atoms with E-state index in [9.17, 15) is 0 Å². The van der Waals surface area contributed by atoms with Crippen molar-refractivity contribution in [2.24, 2.45) is 11.3 Å². The van der Waals surface area contributed by atoms with E-state index in [1.807, 2.05) is 0 Å². The van der Waals surface area contributed by atoms with Crippen LogP contribution in [0.2, 0.25) is 0 Å². The molecule has 78 valence electrons. The van der Waals surface area contributed by atoms with Crippen molar-refractivity contribution in [2.45, 2.75) is 32.6 Å². The Bertz CT molecular complexity index is 363. The van der Waals surface area contributed by atoms with Crippen molar-refractivity contribution in [1.82, 2.24) is 0 Å². The van der Waals surface area contributed by atoms with Gasteiger partial charge in [-0.25, -0.2) is 0 Å². The van der Waals surface area contributed by atoms with Gasteiger partial charge in [0.05, 0.1) is 11.5 Å². The Balaban J connectivity index is 1.97. The van der Waals surface area contributed by atoms with Crippen LogP contribution in [0.5, 0.6) is 0 Å². The zero-order chi connectivity index (χ0) is 10.7. The van der Waals surface area contributed by atoms with E-state index in [4.69, 9.17) is 5.26 Å². The lowest BCUT2D eigenvalue weighted by Gasteiger charge is -2.14. The number of hydrogen-bond acceptors (Lipinski definition) is 1. The molecular formula is C14H17N. The summed E-state index contributed by atoms with van der Waals surface area (Å²) in [7, 11) is 0. The van der Waals surface area contributed by atoms with Crippen LogP contribution in [-0.2, 0) is 6.42 Å². The summed E-state index contributed by atoms with van der Waals surface area (Å²) >= 11 is 0. The lowest BCUT2D eigenvalue weighted by atomic mass is 9.88. The van der Waals surface area contributed by atoms with Crippen molar-refractivity contribution >= 4 is 0 Å². The molecule has 0 bridgehead atoms. The Morgan fingerprint density at radius 2 is 2.13 bits per heavy atom. The molecule has 1 nitrogen and oxygen atoms in total. The lowest BCUT2D eigenvalue weighted by Crippen LogP contribution is -2.09. The maximum atomic E-state index is 9.06. The predicted octanol–water partition coefficient (Wildman–Crippen LogP) is 3.56. The van der Waals surface area contributed by atoms with Crippen LogP contribution in [0.1, 0.15) is 31.7 Å². The van der Waals surface area contributed by atoms with Gasteiger partial charge in [0, 0.05) is 0 Å². The molecule has 1 heteroatoms. The van der Waals surface area contributed by atoms with Gasteiger partial charge < -0.3 is 0 Å². The highest BCUT2D eigenvalue weighted by Crippen LogP contribution is 2.42. The van der Waals surface area contributed by atoms with Crippen LogP contribution < -0.4 is 0 Å². The molecule has 1 aliphatic rings. The first-order chi connectivity index (χ1) is 7.22. The Morgan fingerprint density at radius 1 is 1.40 bits per heavy atom. The van der Waals surface area contributed by atoms with Gasteiger partial charge >= 0.3 is 0 Å². The van der Waals surface area contributed by atoms with Gasteiger partial charge in [-0.05, 0) is 44.1 Å². The molecule has 0 aliphatic heterocycles. The van der Waals surface area contributed by atoms with E-state index in [0.29, 0.717) is 5.92 Å². The highest BCUT2D eigenvalue weighted by Gasteiger charge is 2.34. The van der Waals surface area contributed by atoms with Gasteiger partial charge in [-0.2, -0.15) is 5.26 Å². The SMILES string of the molecule is CC1(C#N)CCC(Cc2ccccc2)C1. The van der Waals surface area contributed by atoms with Crippen molar-refractivity contribution in [2.75, 3.05) is 0 Å². The van der Waals surface area contributed by atoms with Crippen LogP contribution in [0.3, 0.4) is 0 Å². The Kier molecular flexibility index (Phi) is 2.77. The second kappa shape index (κ2) is 4.06. The highest BCUT2D eigenvalue weighted by atomic mass is 14.4. The van der Waals surface area contributed by atoms with E-state index < -0.39 is 0 Å². The Morgan fingerprint density at radius 3 is 2.73 bits per heavy atom. The average molecular weight is 199 g/mol. The largest absolute Gasteiger partial charge is 0.198 e. The summed E-state index contributed by atoms with van der Waals surface area (Å²) in [6.45, 7) is 2.10. The fraction of sp³-hybridized carbons (Fsp3) is 0.500. The molecule has 2 rings (SSSR count). The van der Waals surface area contributed by atoms with Gasteiger partial charge in [0.1, 0.15) is 0 Å².